The first kappa shape index (κ1) is 32.9. The van der Waals surface area contributed by atoms with E-state index in [1.165, 1.54) is 0 Å². The molecule has 0 aromatic heterocycles. The van der Waals surface area contributed by atoms with Gasteiger partial charge in [0.2, 0.25) is 11.2 Å². The number of aliphatic hydroxyl groups excluding tert-OH is 1. The molecular formula is C36H44O12. The predicted octanol–water partition coefficient (Wildman–Crippen LogP) is 4.23. The smallest absolute Gasteiger partial charge is 0.351 e. The molecule has 4 fully saturated rings. The minimum atomic E-state index is -1.62. The molecule has 6 aliphatic rings. The maximum Gasteiger partial charge on any atom is 0.351 e. The molecule has 8 atom stereocenters. The fourth-order valence-corrected chi connectivity index (χ4v) is 9.27. The van der Waals surface area contributed by atoms with Crippen LogP contribution in [-0.4, -0.2) is 64.5 Å². The number of benzene rings is 1. The van der Waals surface area contributed by atoms with Crippen LogP contribution in [-0.2, 0) is 42.9 Å². The Morgan fingerprint density at radius 2 is 1.31 bits per heavy atom. The van der Waals surface area contributed by atoms with Gasteiger partial charge in [-0.25, -0.2) is 9.59 Å². The molecule has 7 rings (SSSR count). The standard InChI is InChI=1S/C36H44O12/c1-17-18-10-11-20-21(22(18)43-25(38)19(17)16-37)23(44-28(41)35-14-12-33(8,26(39)47-35)31(35,4)5)24(30(2,3)46-20)45-29(42)36-15-13-34(9,27(40)48-36)32(36,6)7/h10-11,17,19,23-24,37H,12-16H2,1-9H3/t17?,19?,23-,24-,33+,34+,35-,36-/m1/s1. The highest BCUT2D eigenvalue weighted by Gasteiger charge is 2.78. The molecular weight excluding hydrogens is 624 g/mol. The summed E-state index contributed by atoms with van der Waals surface area (Å²) in [7, 11) is 0. The summed E-state index contributed by atoms with van der Waals surface area (Å²) in [5.74, 6) is -4.24. The first-order valence-electron chi connectivity index (χ1n) is 16.7. The number of esters is 5. The molecule has 4 bridgehead atoms. The highest BCUT2D eigenvalue weighted by molar-refractivity contribution is 5.95. The summed E-state index contributed by atoms with van der Waals surface area (Å²) in [6.07, 6.45) is -1.42. The zero-order valence-corrected chi connectivity index (χ0v) is 28.9. The van der Waals surface area contributed by atoms with Crippen LogP contribution < -0.4 is 9.47 Å². The number of rotatable bonds is 5. The third-order valence-electron chi connectivity index (χ3n) is 13.9. The second kappa shape index (κ2) is 9.52. The number of fused-ring (bicyclic) bond motifs is 7. The second-order valence-electron chi connectivity index (χ2n) is 16.6. The maximum atomic E-state index is 14.5. The minimum Gasteiger partial charge on any atom is -0.483 e. The van der Waals surface area contributed by atoms with Crippen LogP contribution >= 0.6 is 0 Å². The highest BCUT2D eigenvalue weighted by Crippen LogP contribution is 2.68. The van der Waals surface area contributed by atoms with E-state index in [9.17, 15) is 29.1 Å². The monoisotopic (exact) mass is 668 g/mol. The molecule has 4 aliphatic heterocycles. The zero-order chi connectivity index (χ0) is 35.2. The number of hydrogen-bond donors (Lipinski definition) is 1. The number of carbonyl (C=O) groups excluding carboxylic acids is 5. The van der Waals surface area contributed by atoms with Gasteiger partial charge < -0.3 is 33.5 Å². The van der Waals surface area contributed by atoms with Gasteiger partial charge >= 0.3 is 29.8 Å². The Morgan fingerprint density at radius 1 is 0.792 bits per heavy atom. The summed E-state index contributed by atoms with van der Waals surface area (Å²) in [5.41, 5.74) is -7.48. The maximum absolute atomic E-state index is 14.5. The van der Waals surface area contributed by atoms with Crippen LogP contribution in [0.3, 0.4) is 0 Å². The zero-order valence-electron chi connectivity index (χ0n) is 28.9. The van der Waals surface area contributed by atoms with Gasteiger partial charge in [0.1, 0.15) is 17.1 Å². The first-order chi connectivity index (χ1) is 22.2. The van der Waals surface area contributed by atoms with Crippen molar-refractivity contribution in [3.8, 4) is 11.5 Å². The van der Waals surface area contributed by atoms with Crippen molar-refractivity contribution in [1.82, 2.24) is 0 Å². The molecule has 1 aromatic rings. The molecule has 2 aliphatic carbocycles. The van der Waals surface area contributed by atoms with Crippen molar-refractivity contribution in [3.05, 3.63) is 23.3 Å². The number of hydrogen-bond acceptors (Lipinski definition) is 12. The Hall–Kier alpha value is -3.67. The molecule has 12 heteroatoms. The third kappa shape index (κ3) is 3.57. The highest BCUT2D eigenvalue weighted by atomic mass is 16.7. The van der Waals surface area contributed by atoms with Gasteiger partial charge in [-0.2, -0.15) is 0 Å². The Kier molecular flexibility index (Phi) is 6.51. The van der Waals surface area contributed by atoms with Crippen LogP contribution in [0.1, 0.15) is 111 Å². The molecule has 0 radical (unpaired) electrons. The second-order valence-corrected chi connectivity index (χ2v) is 16.6. The van der Waals surface area contributed by atoms with Crippen LogP contribution in [0, 0.1) is 27.6 Å². The Balaban J connectivity index is 1.35. The molecule has 0 spiro atoms. The van der Waals surface area contributed by atoms with Crippen molar-refractivity contribution in [3.63, 3.8) is 0 Å². The van der Waals surface area contributed by atoms with E-state index in [1.807, 2.05) is 13.8 Å². The van der Waals surface area contributed by atoms with Gasteiger partial charge in [-0.3, -0.25) is 14.4 Å². The number of carbonyl (C=O) groups is 5. The fraction of sp³-hybridized carbons (Fsp3) is 0.694. The fourth-order valence-electron chi connectivity index (χ4n) is 9.27. The molecule has 48 heavy (non-hydrogen) atoms. The van der Waals surface area contributed by atoms with E-state index >= 15 is 0 Å². The van der Waals surface area contributed by atoms with Crippen molar-refractivity contribution < 1.29 is 57.5 Å². The molecule has 260 valence electrons. The van der Waals surface area contributed by atoms with Gasteiger partial charge in [0.15, 0.2) is 12.2 Å². The van der Waals surface area contributed by atoms with Crippen LogP contribution in [0.25, 0.3) is 0 Å². The van der Waals surface area contributed by atoms with Crippen molar-refractivity contribution >= 4 is 29.8 Å². The molecule has 1 N–H and O–H groups in total. The van der Waals surface area contributed by atoms with Gasteiger partial charge in [-0.1, -0.05) is 40.7 Å². The molecule has 4 heterocycles. The number of aliphatic hydroxyl groups is 1. The van der Waals surface area contributed by atoms with Gasteiger partial charge in [-0.15, -0.1) is 0 Å². The van der Waals surface area contributed by atoms with E-state index in [1.54, 1.807) is 60.6 Å². The van der Waals surface area contributed by atoms with Gasteiger partial charge in [-0.05, 0) is 65.0 Å². The topological polar surface area (TPSA) is 161 Å². The van der Waals surface area contributed by atoms with Crippen LogP contribution in [0.2, 0.25) is 0 Å². The van der Waals surface area contributed by atoms with Crippen molar-refractivity contribution in [1.29, 1.82) is 0 Å². The molecule has 12 nitrogen and oxygen atoms in total. The molecule has 2 saturated carbocycles. The van der Waals surface area contributed by atoms with Gasteiger partial charge in [0.25, 0.3) is 0 Å². The average Bonchev–Trinajstić information content (AvgIpc) is 3.46. The van der Waals surface area contributed by atoms with Crippen molar-refractivity contribution in [2.24, 2.45) is 27.6 Å². The summed E-state index contributed by atoms with van der Waals surface area (Å²) in [4.78, 5) is 68.2. The van der Waals surface area contributed by atoms with E-state index in [0.29, 0.717) is 18.4 Å². The number of ether oxygens (including phenoxy) is 6. The van der Waals surface area contributed by atoms with E-state index in [-0.39, 0.29) is 29.9 Å². The van der Waals surface area contributed by atoms with E-state index in [0.717, 1.165) is 0 Å². The first-order valence-corrected chi connectivity index (χ1v) is 16.7. The van der Waals surface area contributed by atoms with Crippen molar-refractivity contribution in [2.45, 2.75) is 123 Å². The van der Waals surface area contributed by atoms with Crippen LogP contribution in [0.4, 0.5) is 0 Å². The average molecular weight is 669 g/mol. The Labute approximate surface area is 279 Å². The summed E-state index contributed by atoms with van der Waals surface area (Å²) < 4.78 is 36.7. The largest absolute Gasteiger partial charge is 0.483 e. The normalized spacial score (nSPS) is 40.6. The summed E-state index contributed by atoms with van der Waals surface area (Å²) in [5, 5.41) is 9.95. The van der Waals surface area contributed by atoms with Crippen molar-refractivity contribution in [2.75, 3.05) is 6.61 Å². The van der Waals surface area contributed by atoms with Crippen LogP contribution in [0.15, 0.2) is 12.1 Å². The summed E-state index contributed by atoms with van der Waals surface area (Å²) in [6, 6.07) is 3.41. The Morgan fingerprint density at radius 3 is 1.77 bits per heavy atom. The van der Waals surface area contributed by atoms with E-state index in [2.05, 4.69) is 0 Å². The third-order valence-corrected chi connectivity index (χ3v) is 13.9. The molecule has 2 saturated heterocycles. The summed E-state index contributed by atoms with van der Waals surface area (Å²) >= 11 is 0. The molecule has 2 unspecified atom stereocenters. The van der Waals surface area contributed by atoms with Gasteiger partial charge in [0.05, 0.1) is 28.9 Å². The molecule has 1 aromatic carbocycles. The lowest BCUT2D eigenvalue weighted by molar-refractivity contribution is -0.218. The van der Waals surface area contributed by atoms with E-state index < -0.39 is 99.0 Å². The molecule has 0 amide bonds. The lowest BCUT2D eigenvalue weighted by Gasteiger charge is -2.46. The predicted molar refractivity (Wildman–Crippen MR) is 164 cm³/mol. The van der Waals surface area contributed by atoms with Crippen LogP contribution in [0.5, 0.6) is 11.5 Å². The minimum absolute atomic E-state index is 0.0831. The quantitative estimate of drug-likeness (QED) is 0.271. The lowest BCUT2D eigenvalue weighted by atomic mass is 9.66. The lowest BCUT2D eigenvalue weighted by Crippen LogP contribution is -2.58. The Bertz CT molecular complexity index is 1690. The van der Waals surface area contributed by atoms with E-state index in [4.69, 9.17) is 28.4 Å². The summed E-state index contributed by atoms with van der Waals surface area (Å²) in [6.45, 7) is 15.5. The van der Waals surface area contributed by atoms with Gasteiger partial charge in [0, 0.05) is 16.7 Å². The SMILES string of the molecule is CC1c2ccc3c(c2OC(=O)C1CO)[C@@H](OC(=O)[C@@]12CC[C@@](C)(C(=O)O1)C2(C)C)[C@@H](OC(=O)[C@@]12CC[C@@](C)(C(=O)O1)C2(C)C)C(C)(C)O3.